The minimum Gasteiger partial charge on any atom is -0.481 e. The first-order valence-corrected chi connectivity index (χ1v) is 4.11. The van der Waals surface area contributed by atoms with E-state index in [1.54, 1.807) is 18.2 Å². The molecule has 0 spiro atoms. The lowest BCUT2D eigenvalue weighted by atomic mass is 10.1. The quantitative estimate of drug-likeness (QED) is 0.722. The predicted octanol–water partition coefficient (Wildman–Crippen LogP) is 2.26. The number of thiol groups is 1. The van der Waals surface area contributed by atoms with Crippen molar-refractivity contribution in [1.29, 1.82) is 0 Å². The Balaban J connectivity index is 2.93. The van der Waals surface area contributed by atoms with Crippen molar-refractivity contribution in [2.75, 3.05) is 0 Å². The summed E-state index contributed by atoms with van der Waals surface area (Å²) in [6.45, 7) is 0. The molecule has 1 aromatic carbocycles. The van der Waals surface area contributed by atoms with E-state index in [4.69, 9.17) is 16.7 Å². The van der Waals surface area contributed by atoms with Crippen molar-refractivity contribution in [3.8, 4) is 0 Å². The van der Waals surface area contributed by atoms with Crippen LogP contribution in [0.25, 0.3) is 0 Å². The largest absolute Gasteiger partial charge is 0.481 e. The van der Waals surface area contributed by atoms with Gasteiger partial charge in [-0.1, -0.05) is 17.7 Å². The molecule has 1 aromatic rings. The summed E-state index contributed by atoms with van der Waals surface area (Å²) in [5, 5.41) is 8.93. The van der Waals surface area contributed by atoms with E-state index in [1.165, 1.54) is 0 Å². The highest BCUT2D eigenvalue weighted by Crippen LogP contribution is 2.20. The second kappa shape index (κ2) is 3.83. The monoisotopic (exact) mass is 202 g/mol. The molecule has 0 aliphatic heterocycles. The summed E-state index contributed by atoms with van der Waals surface area (Å²) >= 11 is 9.82. The standard InChI is InChI=1S/C8H7ClO2S/c9-7-4-6(12)2-1-5(7)3-8(10)11/h1-2,4,12H,3H2,(H,10,11). The van der Waals surface area contributed by atoms with E-state index in [0.717, 1.165) is 4.90 Å². The molecule has 0 aromatic heterocycles. The van der Waals surface area contributed by atoms with Crippen molar-refractivity contribution in [2.24, 2.45) is 0 Å². The Labute approximate surface area is 80.6 Å². The third kappa shape index (κ3) is 2.43. The smallest absolute Gasteiger partial charge is 0.307 e. The molecule has 0 fully saturated rings. The zero-order valence-electron chi connectivity index (χ0n) is 6.12. The molecule has 0 saturated carbocycles. The first-order valence-electron chi connectivity index (χ1n) is 3.29. The molecule has 64 valence electrons. The Morgan fingerprint density at radius 3 is 2.75 bits per heavy atom. The molecular weight excluding hydrogens is 196 g/mol. The summed E-state index contributed by atoms with van der Waals surface area (Å²) in [5.41, 5.74) is 0.613. The molecule has 1 N–H and O–H groups in total. The molecule has 0 atom stereocenters. The molecule has 2 nitrogen and oxygen atoms in total. The maximum atomic E-state index is 10.3. The van der Waals surface area contributed by atoms with E-state index in [1.807, 2.05) is 0 Å². The van der Waals surface area contributed by atoms with Crippen molar-refractivity contribution < 1.29 is 9.90 Å². The van der Waals surface area contributed by atoms with Gasteiger partial charge in [0.05, 0.1) is 6.42 Å². The number of carboxylic acids is 1. The topological polar surface area (TPSA) is 37.3 Å². The van der Waals surface area contributed by atoms with Crippen molar-refractivity contribution >= 4 is 30.2 Å². The number of rotatable bonds is 2. The average molecular weight is 203 g/mol. The van der Waals surface area contributed by atoms with Crippen LogP contribution in [0, 0.1) is 0 Å². The van der Waals surface area contributed by atoms with E-state index in [0.29, 0.717) is 10.6 Å². The SMILES string of the molecule is O=C(O)Cc1ccc(S)cc1Cl. The van der Waals surface area contributed by atoms with Gasteiger partial charge in [-0.3, -0.25) is 4.79 Å². The Hall–Kier alpha value is -0.670. The van der Waals surface area contributed by atoms with Gasteiger partial charge in [-0.25, -0.2) is 0 Å². The van der Waals surface area contributed by atoms with Crippen LogP contribution in [-0.2, 0) is 11.2 Å². The van der Waals surface area contributed by atoms with Gasteiger partial charge in [-0.2, -0.15) is 0 Å². The van der Waals surface area contributed by atoms with Gasteiger partial charge in [0.1, 0.15) is 0 Å². The fourth-order valence-electron chi connectivity index (χ4n) is 0.843. The molecule has 0 unspecified atom stereocenters. The summed E-state index contributed by atoms with van der Waals surface area (Å²) in [5.74, 6) is -0.885. The second-order valence-electron chi connectivity index (χ2n) is 2.35. The maximum Gasteiger partial charge on any atom is 0.307 e. The molecular formula is C8H7ClO2S. The number of benzene rings is 1. The van der Waals surface area contributed by atoms with Crippen LogP contribution in [-0.4, -0.2) is 11.1 Å². The van der Waals surface area contributed by atoms with Gasteiger partial charge in [0.25, 0.3) is 0 Å². The summed E-state index contributed by atoms with van der Waals surface area (Å²) in [6.07, 6.45) is -0.0487. The molecule has 4 heteroatoms. The molecule has 0 bridgehead atoms. The second-order valence-corrected chi connectivity index (χ2v) is 3.27. The van der Waals surface area contributed by atoms with Crippen molar-refractivity contribution in [3.05, 3.63) is 28.8 Å². The highest BCUT2D eigenvalue weighted by Gasteiger charge is 2.04. The van der Waals surface area contributed by atoms with Gasteiger partial charge in [-0.15, -0.1) is 12.6 Å². The first-order chi connectivity index (χ1) is 5.59. The zero-order valence-corrected chi connectivity index (χ0v) is 7.77. The molecule has 0 heterocycles. The Morgan fingerprint density at radius 2 is 2.25 bits per heavy atom. The van der Waals surface area contributed by atoms with Crippen molar-refractivity contribution in [2.45, 2.75) is 11.3 Å². The summed E-state index contributed by atoms with van der Waals surface area (Å²) < 4.78 is 0. The van der Waals surface area contributed by atoms with Crippen LogP contribution < -0.4 is 0 Å². The number of carbonyl (C=O) groups is 1. The van der Waals surface area contributed by atoms with E-state index < -0.39 is 5.97 Å². The molecule has 0 aliphatic rings. The fraction of sp³-hybridized carbons (Fsp3) is 0.125. The highest BCUT2D eigenvalue weighted by atomic mass is 35.5. The van der Waals surface area contributed by atoms with Crippen LogP contribution in [0.2, 0.25) is 5.02 Å². The number of aliphatic carboxylic acids is 1. The average Bonchev–Trinajstić information content (AvgIpc) is 1.94. The third-order valence-electron chi connectivity index (χ3n) is 1.38. The van der Waals surface area contributed by atoms with Crippen LogP contribution in [0.5, 0.6) is 0 Å². The van der Waals surface area contributed by atoms with Gasteiger partial charge >= 0.3 is 5.97 Å². The predicted molar refractivity (Wildman–Crippen MR) is 50.0 cm³/mol. The Bertz CT molecular complexity index is 312. The highest BCUT2D eigenvalue weighted by molar-refractivity contribution is 7.80. The van der Waals surface area contributed by atoms with Crippen molar-refractivity contribution in [3.63, 3.8) is 0 Å². The summed E-state index contributed by atoms with van der Waals surface area (Å²) in [4.78, 5) is 11.1. The normalized spacial score (nSPS) is 9.83. The number of carboxylic acid groups (broad SMARTS) is 1. The molecule has 1 rings (SSSR count). The van der Waals surface area contributed by atoms with E-state index >= 15 is 0 Å². The van der Waals surface area contributed by atoms with Crippen LogP contribution in [0.3, 0.4) is 0 Å². The van der Waals surface area contributed by atoms with Gasteiger partial charge < -0.3 is 5.11 Å². The minimum absolute atomic E-state index is 0.0487. The fourth-order valence-corrected chi connectivity index (χ4v) is 1.37. The lowest BCUT2D eigenvalue weighted by molar-refractivity contribution is -0.136. The molecule has 0 radical (unpaired) electrons. The maximum absolute atomic E-state index is 10.3. The van der Waals surface area contributed by atoms with Crippen LogP contribution >= 0.6 is 24.2 Å². The summed E-state index contributed by atoms with van der Waals surface area (Å²) in [6, 6.07) is 5.01. The lowest BCUT2D eigenvalue weighted by Crippen LogP contribution is -2.00. The number of hydrogen-bond acceptors (Lipinski definition) is 2. The van der Waals surface area contributed by atoms with Crippen LogP contribution in [0.4, 0.5) is 0 Å². The first kappa shape index (κ1) is 9.42. The number of halogens is 1. The van der Waals surface area contributed by atoms with Crippen LogP contribution in [0.1, 0.15) is 5.56 Å². The summed E-state index contributed by atoms with van der Waals surface area (Å²) in [7, 11) is 0. The van der Waals surface area contributed by atoms with Crippen LogP contribution in [0.15, 0.2) is 23.1 Å². The van der Waals surface area contributed by atoms with Gasteiger partial charge in [0.2, 0.25) is 0 Å². The van der Waals surface area contributed by atoms with E-state index in [9.17, 15) is 4.79 Å². The van der Waals surface area contributed by atoms with Gasteiger partial charge in [-0.05, 0) is 17.7 Å². The Kier molecular flexibility index (Phi) is 3.00. The third-order valence-corrected chi connectivity index (χ3v) is 2.01. The lowest BCUT2D eigenvalue weighted by Gasteiger charge is -2.00. The van der Waals surface area contributed by atoms with Gasteiger partial charge in [0, 0.05) is 9.92 Å². The van der Waals surface area contributed by atoms with E-state index in [2.05, 4.69) is 12.6 Å². The number of hydrogen-bond donors (Lipinski definition) is 2. The van der Waals surface area contributed by atoms with E-state index in [-0.39, 0.29) is 6.42 Å². The Morgan fingerprint density at radius 1 is 1.58 bits per heavy atom. The minimum atomic E-state index is -0.885. The molecule has 0 aliphatic carbocycles. The molecule has 0 saturated heterocycles. The zero-order chi connectivity index (χ0) is 9.14. The molecule has 12 heavy (non-hydrogen) atoms. The molecule has 0 amide bonds. The van der Waals surface area contributed by atoms with Gasteiger partial charge in [0.15, 0.2) is 0 Å². The van der Waals surface area contributed by atoms with Crippen molar-refractivity contribution in [1.82, 2.24) is 0 Å².